The van der Waals surface area contributed by atoms with Crippen molar-refractivity contribution in [2.24, 2.45) is 0 Å². The normalized spacial score (nSPS) is 17.1. The number of hydrogen-bond donors (Lipinski definition) is 2. The third-order valence-corrected chi connectivity index (χ3v) is 6.72. The van der Waals surface area contributed by atoms with Gasteiger partial charge in [-0.1, -0.05) is 78.9 Å². The molecule has 162 valence electrons. The fraction of sp³-hybridized carbons (Fsp3) is 0.276. The minimum absolute atomic E-state index is 0.0602. The van der Waals surface area contributed by atoms with E-state index in [1.165, 1.54) is 34.2 Å². The highest BCUT2D eigenvalue weighted by molar-refractivity contribution is 5.81. The van der Waals surface area contributed by atoms with Crippen LogP contribution in [0.5, 0.6) is 0 Å². The van der Waals surface area contributed by atoms with Crippen molar-refractivity contribution in [3.63, 3.8) is 0 Å². The van der Waals surface area contributed by atoms with Gasteiger partial charge in [0.1, 0.15) is 0 Å². The van der Waals surface area contributed by atoms with Crippen LogP contribution in [0.2, 0.25) is 0 Å². The van der Waals surface area contributed by atoms with Crippen molar-refractivity contribution in [1.29, 1.82) is 0 Å². The van der Waals surface area contributed by atoms with Crippen LogP contribution in [-0.2, 0) is 11.2 Å². The van der Waals surface area contributed by atoms with Crippen LogP contribution in [0, 0.1) is 0 Å². The van der Waals surface area contributed by atoms with Gasteiger partial charge in [-0.15, -0.1) is 0 Å². The molecule has 3 aromatic carbocycles. The van der Waals surface area contributed by atoms with Crippen LogP contribution >= 0.6 is 0 Å². The summed E-state index contributed by atoms with van der Waals surface area (Å²) in [6.45, 7) is 0.304. The Labute approximate surface area is 190 Å². The van der Waals surface area contributed by atoms with Gasteiger partial charge in [-0.3, -0.25) is 4.79 Å². The highest BCUT2D eigenvalue weighted by atomic mass is 16.2. The second-order valence-electron chi connectivity index (χ2n) is 8.84. The summed E-state index contributed by atoms with van der Waals surface area (Å²) in [5.41, 5.74) is 8.80. The molecule has 0 spiro atoms. The number of benzene rings is 3. The van der Waals surface area contributed by atoms with Crippen molar-refractivity contribution < 1.29 is 4.79 Å². The number of fused-ring (bicyclic) bond motifs is 1. The van der Waals surface area contributed by atoms with Crippen LogP contribution in [0.3, 0.4) is 0 Å². The van der Waals surface area contributed by atoms with E-state index in [2.05, 4.69) is 83.4 Å². The predicted molar refractivity (Wildman–Crippen MR) is 131 cm³/mol. The Bertz CT molecular complexity index is 1110. The van der Waals surface area contributed by atoms with Crippen molar-refractivity contribution in [3.05, 3.63) is 101 Å². The van der Waals surface area contributed by atoms with Crippen molar-refractivity contribution in [1.82, 2.24) is 10.6 Å². The fourth-order valence-electron chi connectivity index (χ4n) is 4.81. The number of carbonyl (C=O) groups is 1. The molecular formula is C29H30N2O. The average molecular weight is 423 g/mol. The van der Waals surface area contributed by atoms with Gasteiger partial charge >= 0.3 is 0 Å². The molecule has 2 aliphatic rings. The Morgan fingerprint density at radius 1 is 0.781 bits per heavy atom. The summed E-state index contributed by atoms with van der Waals surface area (Å²) in [5.74, 6) is 0.0602. The SMILES string of the molecule is O=C(CNC(=C1CCC1)c1ccc(-c2ccccc2)cc1)NC1CCCc2ccccc21. The van der Waals surface area contributed by atoms with E-state index in [1.54, 1.807) is 0 Å². The summed E-state index contributed by atoms with van der Waals surface area (Å²) < 4.78 is 0. The van der Waals surface area contributed by atoms with Gasteiger partial charge in [-0.05, 0) is 71.9 Å². The Morgan fingerprint density at radius 3 is 2.25 bits per heavy atom. The highest BCUT2D eigenvalue weighted by Crippen LogP contribution is 2.33. The van der Waals surface area contributed by atoms with Gasteiger partial charge in [0.25, 0.3) is 0 Å². The van der Waals surface area contributed by atoms with E-state index in [0.717, 1.165) is 43.4 Å². The van der Waals surface area contributed by atoms with Gasteiger partial charge in [0.05, 0.1) is 12.6 Å². The summed E-state index contributed by atoms with van der Waals surface area (Å²) in [4.78, 5) is 12.8. The Balaban J connectivity index is 1.26. The topological polar surface area (TPSA) is 41.1 Å². The number of allylic oxidation sites excluding steroid dienone is 1. The maximum Gasteiger partial charge on any atom is 0.239 e. The van der Waals surface area contributed by atoms with Gasteiger partial charge in [-0.25, -0.2) is 0 Å². The molecule has 0 bridgehead atoms. The quantitative estimate of drug-likeness (QED) is 0.509. The highest BCUT2D eigenvalue weighted by Gasteiger charge is 2.22. The maximum atomic E-state index is 12.8. The number of carbonyl (C=O) groups excluding carboxylic acids is 1. The van der Waals surface area contributed by atoms with Crippen LogP contribution in [0.15, 0.2) is 84.4 Å². The molecule has 0 saturated heterocycles. The fourth-order valence-corrected chi connectivity index (χ4v) is 4.81. The largest absolute Gasteiger partial charge is 0.376 e. The van der Waals surface area contributed by atoms with Crippen LogP contribution in [0.25, 0.3) is 16.8 Å². The second-order valence-corrected chi connectivity index (χ2v) is 8.84. The van der Waals surface area contributed by atoms with E-state index >= 15 is 0 Å². The van der Waals surface area contributed by atoms with Crippen molar-refractivity contribution in [2.45, 2.75) is 44.6 Å². The van der Waals surface area contributed by atoms with E-state index in [0.29, 0.717) is 6.54 Å². The molecule has 3 heteroatoms. The number of amides is 1. The lowest BCUT2D eigenvalue weighted by Crippen LogP contribution is -2.37. The minimum Gasteiger partial charge on any atom is -0.376 e. The second kappa shape index (κ2) is 9.44. The molecule has 5 rings (SSSR count). The molecule has 0 aliphatic heterocycles. The van der Waals surface area contributed by atoms with Gasteiger partial charge in [0.2, 0.25) is 5.91 Å². The lowest BCUT2D eigenvalue weighted by Gasteiger charge is -2.27. The Morgan fingerprint density at radius 2 is 1.50 bits per heavy atom. The molecule has 1 atom stereocenters. The van der Waals surface area contributed by atoms with Crippen LogP contribution in [0.4, 0.5) is 0 Å². The summed E-state index contributed by atoms with van der Waals surface area (Å²) >= 11 is 0. The average Bonchev–Trinajstić information content (AvgIpc) is 2.81. The van der Waals surface area contributed by atoms with E-state index in [-0.39, 0.29) is 11.9 Å². The Hall–Kier alpha value is -3.33. The lowest BCUT2D eigenvalue weighted by atomic mass is 9.87. The van der Waals surface area contributed by atoms with Gasteiger partial charge in [-0.2, -0.15) is 0 Å². The molecule has 3 nitrogen and oxygen atoms in total. The molecule has 0 aromatic heterocycles. The van der Waals surface area contributed by atoms with Crippen LogP contribution in [-0.4, -0.2) is 12.5 Å². The predicted octanol–water partition coefficient (Wildman–Crippen LogP) is 6.03. The van der Waals surface area contributed by atoms with Crippen LogP contribution < -0.4 is 10.6 Å². The maximum absolute atomic E-state index is 12.8. The zero-order valence-electron chi connectivity index (χ0n) is 18.4. The van der Waals surface area contributed by atoms with Crippen molar-refractivity contribution >= 4 is 11.6 Å². The van der Waals surface area contributed by atoms with Gasteiger partial charge in [0, 0.05) is 5.70 Å². The summed E-state index contributed by atoms with van der Waals surface area (Å²) in [6.07, 6.45) is 6.70. The zero-order valence-corrected chi connectivity index (χ0v) is 18.4. The number of hydrogen-bond acceptors (Lipinski definition) is 2. The molecule has 1 fully saturated rings. The van der Waals surface area contributed by atoms with Gasteiger partial charge in [0.15, 0.2) is 0 Å². The first kappa shape index (κ1) is 20.6. The third kappa shape index (κ3) is 4.47. The van der Waals surface area contributed by atoms with Gasteiger partial charge < -0.3 is 10.6 Å². The van der Waals surface area contributed by atoms with Crippen LogP contribution in [0.1, 0.15) is 54.8 Å². The standard InChI is InChI=1S/C29H30N2O/c32-28(31-27-15-7-11-23-10-4-5-14-26(23)27)20-30-29(24-12-6-13-24)25-18-16-22(17-19-25)21-8-2-1-3-9-21/h1-5,8-10,14,16-19,27,30H,6-7,11-13,15,20H2,(H,31,32). The molecule has 1 saturated carbocycles. The number of nitrogens with one attached hydrogen (secondary N) is 2. The lowest BCUT2D eigenvalue weighted by molar-refractivity contribution is -0.120. The molecule has 32 heavy (non-hydrogen) atoms. The first-order valence-corrected chi connectivity index (χ1v) is 11.8. The molecule has 1 amide bonds. The van der Waals surface area contributed by atoms with Crippen molar-refractivity contribution in [2.75, 3.05) is 6.54 Å². The van der Waals surface area contributed by atoms with Crippen molar-refractivity contribution in [3.8, 4) is 11.1 Å². The van der Waals surface area contributed by atoms with E-state index in [4.69, 9.17) is 0 Å². The zero-order chi connectivity index (χ0) is 21.8. The third-order valence-electron chi connectivity index (χ3n) is 6.72. The van der Waals surface area contributed by atoms with E-state index in [1.807, 2.05) is 6.07 Å². The first-order chi connectivity index (χ1) is 15.8. The number of rotatable bonds is 6. The molecule has 2 N–H and O–H groups in total. The Kier molecular flexibility index (Phi) is 6.06. The monoisotopic (exact) mass is 422 g/mol. The summed E-state index contributed by atoms with van der Waals surface area (Å²) in [5, 5.41) is 6.74. The van der Waals surface area contributed by atoms with E-state index in [9.17, 15) is 4.79 Å². The minimum atomic E-state index is 0.0602. The molecule has 0 heterocycles. The summed E-state index contributed by atoms with van der Waals surface area (Å²) in [7, 11) is 0. The first-order valence-electron chi connectivity index (χ1n) is 11.8. The molecule has 3 aromatic rings. The molecule has 2 aliphatic carbocycles. The van der Waals surface area contributed by atoms with E-state index < -0.39 is 0 Å². The molecule has 1 unspecified atom stereocenters. The summed E-state index contributed by atoms with van der Waals surface area (Å²) in [6, 6.07) is 27.7. The molecular weight excluding hydrogens is 392 g/mol. The smallest absolute Gasteiger partial charge is 0.239 e. The molecule has 0 radical (unpaired) electrons. The number of aryl methyl sites for hydroxylation is 1.